The first kappa shape index (κ1) is 23.2. The lowest BCUT2D eigenvalue weighted by Crippen LogP contribution is -2.52. The van der Waals surface area contributed by atoms with Crippen molar-refractivity contribution in [3.63, 3.8) is 0 Å². The maximum atomic E-state index is 12.7. The van der Waals surface area contributed by atoms with Gasteiger partial charge in [0, 0.05) is 36.6 Å². The van der Waals surface area contributed by atoms with Gasteiger partial charge in [-0.3, -0.25) is 4.79 Å². The van der Waals surface area contributed by atoms with Crippen LogP contribution in [0.5, 0.6) is 0 Å². The minimum atomic E-state index is -4.39. The number of rotatable bonds is 7. The lowest BCUT2D eigenvalue weighted by atomic mass is 10.0. The van der Waals surface area contributed by atoms with Gasteiger partial charge >= 0.3 is 12.2 Å². The van der Waals surface area contributed by atoms with Gasteiger partial charge in [-0.2, -0.15) is 13.2 Å². The van der Waals surface area contributed by atoms with Gasteiger partial charge in [0.05, 0.1) is 5.56 Å². The average molecular weight is 446 g/mol. The van der Waals surface area contributed by atoms with Gasteiger partial charge in [-0.1, -0.05) is 30.3 Å². The van der Waals surface area contributed by atoms with Gasteiger partial charge in [-0.25, -0.2) is 4.79 Å². The normalized spacial score (nSPS) is 13.4. The smallest absolute Gasteiger partial charge is 0.361 e. The fourth-order valence-corrected chi connectivity index (χ4v) is 3.56. The van der Waals surface area contributed by atoms with Gasteiger partial charge in [-0.15, -0.1) is 0 Å². The third-order valence-corrected chi connectivity index (χ3v) is 5.17. The van der Waals surface area contributed by atoms with Crippen LogP contribution in [-0.4, -0.2) is 36.1 Å². The number of H-pyrrole nitrogens is 1. The van der Waals surface area contributed by atoms with Crippen molar-refractivity contribution in [2.24, 2.45) is 0 Å². The zero-order valence-electron chi connectivity index (χ0n) is 17.7. The first-order valence-corrected chi connectivity index (χ1v) is 10.2. The van der Waals surface area contributed by atoms with Gasteiger partial charge in [-0.05, 0) is 42.7 Å². The van der Waals surface area contributed by atoms with E-state index < -0.39 is 23.8 Å². The SMILES string of the molecule is CNC(=O)[C@H](Cc1c[nH]c2ccccc12)NC(=O)NC(C)Cc1ccc(C(F)(F)F)cc1. The number of aromatic nitrogens is 1. The molecule has 0 aliphatic heterocycles. The summed E-state index contributed by atoms with van der Waals surface area (Å²) in [5, 5.41) is 8.96. The van der Waals surface area contributed by atoms with Crippen molar-refractivity contribution in [2.75, 3.05) is 7.05 Å². The van der Waals surface area contributed by atoms with E-state index in [1.807, 2.05) is 30.5 Å². The molecule has 1 aromatic heterocycles. The molecule has 32 heavy (non-hydrogen) atoms. The highest BCUT2D eigenvalue weighted by atomic mass is 19.4. The van der Waals surface area contributed by atoms with Crippen LogP contribution in [0.3, 0.4) is 0 Å². The lowest BCUT2D eigenvalue weighted by Gasteiger charge is -2.20. The van der Waals surface area contributed by atoms with Crippen LogP contribution < -0.4 is 16.0 Å². The minimum absolute atomic E-state index is 0.296. The number of hydrogen-bond donors (Lipinski definition) is 4. The Balaban J connectivity index is 1.60. The van der Waals surface area contributed by atoms with Crippen LogP contribution in [-0.2, 0) is 23.8 Å². The number of halogens is 3. The van der Waals surface area contributed by atoms with Crippen molar-refractivity contribution >= 4 is 22.8 Å². The second kappa shape index (κ2) is 9.76. The summed E-state index contributed by atoms with van der Waals surface area (Å²) in [6, 6.07) is 10.8. The maximum absolute atomic E-state index is 12.7. The second-order valence-electron chi connectivity index (χ2n) is 7.65. The summed E-state index contributed by atoms with van der Waals surface area (Å²) >= 11 is 0. The van der Waals surface area contributed by atoms with E-state index in [4.69, 9.17) is 0 Å². The first-order valence-electron chi connectivity index (χ1n) is 10.2. The standard InChI is InChI=1S/C23H25F3N4O2/c1-14(11-15-7-9-17(10-8-15)23(24,25)26)29-22(32)30-20(21(31)27-2)12-16-13-28-19-6-4-3-5-18(16)19/h3-10,13-14,20,28H,11-12H2,1-2H3,(H,27,31)(H2,29,30,32)/t14?,20-/m0/s1. The molecule has 0 radical (unpaired) electrons. The van der Waals surface area contributed by atoms with Crippen LogP contribution in [0.15, 0.2) is 54.7 Å². The summed E-state index contributed by atoms with van der Waals surface area (Å²) in [7, 11) is 1.50. The fourth-order valence-electron chi connectivity index (χ4n) is 3.56. The molecule has 0 saturated carbocycles. The fraction of sp³-hybridized carbons (Fsp3) is 0.304. The molecule has 170 valence electrons. The molecule has 0 fully saturated rings. The Kier molecular flexibility index (Phi) is 7.07. The number of hydrogen-bond acceptors (Lipinski definition) is 2. The van der Waals surface area contributed by atoms with Crippen LogP contribution in [0.1, 0.15) is 23.6 Å². The number of fused-ring (bicyclic) bond motifs is 1. The van der Waals surface area contributed by atoms with E-state index in [2.05, 4.69) is 20.9 Å². The second-order valence-corrected chi connectivity index (χ2v) is 7.65. The Morgan fingerprint density at radius 1 is 1.00 bits per heavy atom. The third kappa shape index (κ3) is 5.81. The Morgan fingerprint density at radius 3 is 2.34 bits per heavy atom. The first-order chi connectivity index (χ1) is 15.2. The summed E-state index contributed by atoms with van der Waals surface area (Å²) in [5.41, 5.74) is 1.78. The van der Waals surface area contributed by atoms with Crippen molar-refractivity contribution in [1.82, 2.24) is 20.9 Å². The Hall–Kier alpha value is -3.49. The molecule has 0 aliphatic rings. The number of likely N-dealkylation sites (N-methyl/N-ethyl adjacent to an activating group) is 1. The molecule has 2 atom stereocenters. The van der Waals surface area contributed by atoms with Crippen LogP contribution in [0.2, 0.25) is 0 Å². The summed E-state index contributed by atoms with van der Waals surface area (Å²) in [6.45, 7) is 1.74. The Morgan fingerprint density at radius 2 is 1.69 bits per heavy atom. The van der Waals surface area contributed by atoms with Crippen molar-refractivity contribution in [3.8, 4) is 0 Å². The molecule has 3 amide bonds. The van der Waals surface area contributed by atoms with Gasteiger partial charge in [0.2, 0.25) is 5.91 Å². The number of amides is 3. The molecule has 4 N–H and O–H groups in total. The predicted molar refractivity (Wildman–Crippen MR) is 116 cm³/mol. The monoisotopic (exact) mass is 446 g/mol. The van der Waals surface area contributed by atoms with E-state index in [0.717, 1.165) is 28.6 Å². The van der Waals surface area contributed by atoms with Gasteiger partial charge < -0.3 is 20.9 Å². The van der Waals surface area contributed by atoms with E-state index in [-0.39, 0.29) is 11.9 Å². The van der Waals surface area contributed by atoms with Crippen LogP contribution in [0.4, 0.5) is 18.0 Å². The van der Waals surface area contributed by atoms with Crippen molar-refractivity contribution < 1.29 is 22.8 Å². The minimum Gasteiger partial charge on any atom is -0.361 e. The van der Waals surface area contributed by atoms with E-state index in [1.54, 1.807) is 6.92 Å². The molecular formula is C23H25F3N4O2. The summed E-state index contributed by atoms with van der Waals surface area (Å²) in [4.78, 5) is 28.0. The summed E-state index contributed by atoms with van der Waals surface area (Å²) in [5.74, 6) is -0.333. The van der Waals surface area contributed by atoms with Crippen molar-refractivity contribution in [1.29, 1.82) is 0 Å². The zero-order chi connectivity index (χ0) is 23.3. The molecule has 9 heteroatoms. The number of carbonyl (C=O) groups is 2. The maximum Gasteiger partial charge on any atom is 0.416 e. The molecule has 6 nitrogen and oxygen atoms in total. The van der Waals surface area contributed by atoms with Gasteiger partial charge in [0.25, 0.3) is 0 Å². The molecule has 2 aromatic carbocycles. The quantitative estimate of drug-likeness (QED) is 0.445. The van der Waals surface area contributed by atoms with E-state index in [0.29, 0.717) is 18.4 Å². The predicted octanol–water partition coefficient (Wildman–Crippen LogP) is 3.77. The number of nitrogens with one attached hydrogen (secondary N) is 4. The molecule has 3 rings (SSSR count). The van der Waals surface area contributed by atoms with E-state index >= 15 is 0 Å². The summed E-state index contributed by atoms with van der Waals surface area (Å²) in [6.07, 6.45) is -1.93. The van der Waals surface area contributed by atoms with Crippen LogP contribution in [0, 0.1) is 0 Å². The molecule has 0 aliphatic carbocycles. The number of aromatic amines is 1. The lowest BCUT2D eigenvalue weighted by molar-refractivity contribution is -0.137. The topological polar surface area (TPSA) is 86.0 Å². The summed E-state index contributed by atoms with van der Waals surface area (Å²) < 4.78 is 38.1. The third-order valence-electron chi connectivity index (χ3n) is 5.17. The van der Waals surface area contributed by atoms with Gasteiger partial charge in [0.1, 0.15) is 6.04 Å². The van der Waals surface area contributed by atoms with E-state index in [9.17, 15) is 22.8 Å². The van der Waals surface area contributed by atoms with E-state index in [1.165, 1.54) is 19.2 Å². The number of para-hydroxylation sites is 1. The number of urea groups is 1. The molecule has 0 saturated heterocycles. The highest BCUT2D eigenvalue weighted by Crippen LogP contribution is 2.29. The van der Waals surface area contributed by atoms with Crippen molar-refractivity contribution in [3.05, 3.63) is 71.4 Å². The largest absolute Gasteiger partial charge is 0.416 e. The molecule has 3 aromatic rings. The Labute approximate surface area is 183 Å². The molecule has 0 spiro atoms. The molecule has 1 unspecified atom stereocenters. The molecule has 0 bridgehead atoms. The Bertz CT molecular complexity index is 1080. The number of carbonyl (C=O) groups excluding carboxylic acids is 2. The zero-order valence-corrected chi connectivity index (χ0v) is 17.7. The van der Waals surface area contributed by atoms with Gasteiger partial charge in [0.15, 0.2) is 0 Å². The highest BCUT2D eigenvalue weighted by molar-refractivity contribution is 5.89. The number of benzene rings is 2. The number of alkyl halides is 3. The van der Waals surface area contributed by atoms with Crippen LogP contribution in [0.25, 0.3) is 10.9 Å². The molecular weight excluding hydrogens is 421 g/mol. The van der Waals surface area contributed by atoms with Crippen LogP contribution >= 0.6 is 0 Å². The average Bonchev–Trinajstić information content (AvgIpc) is 3.15. The molecule has 1 heterocycles. The van der Waals surface area contributed by atoms with Crippen molar-refractivity contribution in [2.45, 2.75) is 38.0 Å². The highest BCUT2D eigenvalue weighted by Gasteiger charge is 2.30.